The summed E-state index contributed by atoms with van der Waals surface area (Å²) in [6.45, 7) is 0. The molecule has 0 bridgehead atoms. The van der Waals surface area contributed by atoms with Crippen LogP contribution >= 0.6 is 0 Å². The molecular formula is C15H16N4O2. The van der Waals surface area contributed by atoms with Crippen molar-refractivity contribution >= 4 is 11.6 Å². The van der Waals surface area contributed by atoms with E-state index in [4.69, 9.17) is 0 Å². The van der Waals surface area contributed by atoms with Crippen LogP contribution in [0.2, 0.25) is 0 Å². The van der Waals surface area contributed by atoms with Crippen molar-refractivity contribution in [3.63, 3.8) is 0 Å². The van der Waals surface area contributed by atoms with E-state index < -0.39 is 0 Å². The van der Waals surface area contributed by atoms with Gasteiger partial charge in [-0.2, -0.15) is 5.10 Å². The van der Waals surface area contributed by atoms with Crippen molar-refractivity contribution in [3.8, 4) is 0 Å². The molecule has 1 aliphatic carbocycles. The van der Waals surface area contributed by atoms with Gasteiger partial charge in [-0.15, -0.1) is 0 Å². The topological polar surface area (TPSA) is 87.7 Å². The van der Waals surface area contributed by atoms with E-state index in [-0.39, 0.29) is 17.9 Å². The minimum absolute atomic E-state index is 0.124. The molecule has 0 unspecified atom stereocenters. The summed E-state index contributed by atoms with van der Waals surface area (Å²) in [4.78, 5) is 27.8. The predicted octanol–water partition coefficient (Wildman–Crippen LogP) is 1.22. The second kappa shape index (κ2) is 5.87. The van der Waals surface area contributed by atoms with Crippen molar-refractivity contribution in [2.45, 2.75) is 32.1 Å². The first-order valence-corrected chi connectivity index (χ1v) is 7.03. The number of amides is 1. The van der Waals surface area contributed by atoms with Crippen molar-refractivity contribution in [3.05, 3.63) is 51.7 Å². The lowest BCUT2D eigenvalue weighted by molar-refractivity contribution is -0.115. The second-order valence-electron chi connectivity index (χ2n) is 5.13. The molecule has 6 nitrogen and oxygen atoms in total. The molecule has 1 amide bonds. The van der Waals surface area contributed by atoms with E-state index in [9.17, 15) is 9.59 Å². The van der Waals surface area contributed by atoms with Crippen molar-refractivity contribution in [2.24, 2.45) is 0 Å². The van der Waals surface area contributed by atoms with E-state index in [1.165, 1.54) is 0 Å². The Bertz CT molecular complexity index is 709. The summed E-state index contributed by atoms with van der Waals surface area (Å²) in [6, 6.07) is 3.54. The lowest BCUT2D eigenvalue weighted by atomic mass is 9.91. The summed E-state index contributed by atoms with van der Waals surface area (Å²) < 4.78 is 0. The van der Waals surface area contributed by atoms with E-state index in [1.54, 1.807) is 24.5 Å². The predicted molar refractivity (Wildman–Crippen MR) is 78.1 cm³/mol. The van der Waals surface area contributed by atoms with Gasteiger partial charge in [-0.1, -0.05) is 0 Å². The normalized spacial score (nSPS) is 13.5. The molecule has 2 aromatic rings. The van der Waals surface area contributed by atoms with Crippen molar-refractivity contribution in [1.29, 1.82) is 0 Å². The van der Waals surface area contributed by atoms with Gasteiger partial charge >= 0.3 is 0 Å². The van der Waals surface area contributed by atoms with E-state index >= 15 is 0 Å². The van der Waals surface area contributed by atoms with Gasteiger partial charge in [0.25, 0.3) is 5.56 Å². The number of fused-ring (bicyclic) bond motifs is 1. The van der Waals surface area contributed by atoms with Gasteiger partial charge in [0.05, 0.1) is 24.0 Å². The highest BCUT2D eigenvalue weighted by Crippen LogP contribution is 2.20. The van der Waals surface area contributed by atoms with Crippen LogP contribution in [0.4, 0.5) is 5.69 Å². The fraction of sp³-hybridized carbons (Fsp3) is 0.333. The van der Waals surface area contributed by atoms with E-state index in [0.29, 0.717) is 11.4 Å². The quantitative estimate of drug-likeness (QED) is 0.887. The lowest BCUT2D eigenvalue weighted by Gasteiger charge is -2.17. The van der Waals surface area contributed by atoms with Gasteiger partial charge in [-0.3, -0.25) is 14.6 Å². The van der Waals surface area contributed by atoms with E-state index in [0.717, 1.165) is 36.8 Å². The molecule has 3 rings (SSSR count). The van der Waals surface area contributed by atoms with Gasteiger partial charge in [0.2, 0.25) is 5.91 Å². The molecule has 2 aromatic heterocycles. The molecule has 108 valence electrons. The van der Waals surface area contributed by atoms with Gasteiger partial charge in [0.1, 0.15) is 0 Å². The highest BCUT2D eigenvalue weighted by molar-refractivity contribution is 5.92. The van der Waals surface area contributed by atoms with Gasteiger partial charge in [0.15, 0.2) is 0 Å². The first kappa shape index (κ1) is 13.5. The molecule has 6 heteroatoms. The van der Waals surface area contributed by atoms with Gasteiger partial charge < -0.3 is 5.32 Å². The molecule has 2 N–H and O–H groups in total. The minimum atomic E-state index is -0.157. The van der Waals surface area contributed by atoms with Crippen LogP contribution < -0.4 is 10.9 Å². The van der Waals surface area contributed by atoms with E-state index in [2.05, 4.69) is 20.5 Å². The largest absolute Gasteiger partial charge is 0.324 e. The first-order valence-electron chi connectivity index (χ1n) is 7.03. The van der Waals surface area contributed by atoms with E-state index in [1.807, 2.05) is 0 Å². The summed E-state index contributed by atoms with van der Waals surface area (Å²) in [7, 11) is 0. The summed E-state index contributed by atoms with van der Waals surface area (Å²) in [5, 5.41) is 9.34. The third-order valence-corrected chi connectivity index (χ3v) is 3.66. The zero-order valence-corrected chi connectivity index (χ0v) is 11.6. The number of anilines is 1. The Morgan fingerprint density at radius 3 is 2.86 bits per heavy atom. The van der Waals surface area contributed by atoms with Crippen LogP contribution in [0.3, 0.4) is 0 Å². The number of nitrogens with one attached hydrogen (secondary N) is 2. The number of rotatable bonds is 3. The van der Waals surface area contributed by atoms with Crippen molar-refractivity contribution in [2.75, 3.05) is 5.32 Å². The Hall–Kier alpha value is -2.50. The fourth-order valence-corrected chi connectivity index (χ4v) is 2.67. The summed E-state index contributed by atoms with van der Waals surface area (Å²) >= 11 is 0. The maximum atomic E-state index is 12.1. The molecular weight excluding hydrogens is 268 g/mol. The van der Waals surface area contributed by atoms with Crippen LogP contribution in [0.25, 0.3) is 0 Å². The van der Waals surface area contributed by atoms with Crippen LogP contribution in [-0.4, -0.2) is 21.1 Å². The number of pyridine rings is 1. The maximum Gasteiger partial charge on any atom is 0.267 e. The standard InChI is InChI=1S/C15H16N4O2/c20-14(17-10-4-3-7-16-9-10)8-13-11-5-1-2-6-12(11)15(21)19-18-13/h3-4,7,9H,1-2,5-6,8H2,(H,17,20)(H,19,21). The van der Waals surface area contributed by atoms with Crippen molar-refractivity contribution < 1.29 is 4.79 Å². The number of hydrogen-bond donors (Lipinski definition) is 2. The fourth-order valence-electron chi connectivity index (χ4n) is 2.67. The number of aromatic amines is 1. The van der Waals surface area contributed by atoms with Crippen LogP contribution in [0.1, 0.15) is 29.7 Å². The number of aromatic nitrogens is 3. The lowest BCUT2D eigenvalue weighted by Crippen LogP contribution is -2.25. The Morgan fingerprint density at radius 2 is 2.10 bits per heavy atom. The molecule has 0 atom stereocenters. The number of carbonyl (C=O) groups excluding carboxylic acids is 1. The number of hydrogen-bond acceptors (Lipinski definition) is 4. The van der Waals surface area contributed by atoms with Crippen LogP contribution in [0, 0.1) is 0 Å². The monoisotopic (exact) mass is 284 g/mol. The van der Waals surface area contributed by atoms with Gasteiger partial charge in [-0.25, -0.2) is 5.10 Å². The molecule has 0 fully saturated rings. The Kier molecular flexibility index (Phi) is 3.77. The highest BCUT2D eigenvalue weighted by atomic mass is 16.1. The summed E-state index contributed by atoms with van der Waals surface area (Å²) in [5.41, 5.74) is 2.94. The van der Waals surface area contributed by atoms with Crippen LogP contribution in [0.15, 0.2) is 29.3 Å². The van der Waals surface area contributed by atoms with Gasteiger partial charge in [-0.05, 0) is 43.4 Å². The van der Waals surface area contributed by atoms with Crippen LogP contribution in [-0.2, 0) is 24.1 Å². The Balaban J connectivity index is 1.79. The smallest absolute Gasteiger partial charge is 0.267 e. The molecule has 1 aliphatic rings. The molecule has 0 spiro atoms. The summed E-state index contributed by atoms with van der Waals surface area (Å²) in [5.74, 6) is -0.157. The average molecular weight is 284 g/mol. The molecule has 0 saturated carbocycles. The number of nitrogens with zero attached hydrogens (tertiary/aromatic N) is 2. The average Bonchev–Trinajstić information content (AvgIpc) is 2.51. The zero-order chi connectivity index (χ0) is 14.7. The molecule has 0 radical (unpaired) electrons. The van der Waals surface area contributed by atoms with Crippen LogP contribution in [0.5, 0.6) is 0 Å². The first-order chi connectivity index (χ1) is 10.2. The number of carbonyl (C=O) groups is 1. The SMILES string of the molecule is O=C(Cc1n[nH]c(=O)c2c1CCCC2)Nc1cccnc1. The number of H-pyrrole nitrogens is 1. The third-order valence-electron chi connectivity index (χ3n) is 3.66. The molecule has 0 saturated heterocycles. The minimum Gasteiger partial charge on any atom is -0.324 e. The maximum absolute atomic E-state index is 12.1. The second-order valence-corrected chi connectivity index (χ2v) is 5.13. The Labute approximate surface area is 121 Å². The molecule has 0 aliphatic heterocycles. The molecule has 21 heavy (non-hydrogen) atoms. The zero-order valence-electron chi connectivity index (χ0n) is 11.6. The van der Waals surface area contributed by atoms with Crippen molar-refractivity contribution in [1.82, 2.24) is 15.2 Å². The van der Waals surface area contributed by atoms with Gasteiger partial charge in [0, 0.05) is 11.8 Å². The third kappa shape index (κ3) is 2.99. The molecule has 2 heterocycles. The Morgan fingerprint density at radius 1 is 1.29 bits per heavy atom. The highest BCUT2D eigenvalue weighted by Gasteiger charge is 2.19. The summed E-state index contributed by atoms with van der Waals surface area (Å²) in [6.07, 6.45) is 7.04. The molecule has 0 aromatic carbocycles.